The number of carbonyl (C=O) groups is 1. The summed E-state index contributed by atoms with van der Waals surface area (Å²) in [7, 11) is 0. The highest BCUT2D eigenvalue weighted by atomic mass is 16.5. The quantitative estimate of drug-likeness (QED) is 0.874. The van der Waals surface area contributed by atoms with Crippen LogP contribution < -0.4 is 0 Å². The Balaban J connectivity index is 1.71. The van der Waals surface area contributed by atoms with Gasteiger partial charge in [-0.1, -0.05) is 18.2 Å². The molecule has 1 N–H and O–H groups in total. The van der Waals surface area contributed by atoms with Crippen LogP contribution in [0.25, 0.3) is 10.9 Å². The Kier molecular flexibility index (Phi) is 3.19. The maximum atomic E-state index is 12.8. The first-order valence-electron chi connectivity index (χ1n) is 7.80. The third-order valence-corrected chi connectivity index (χ3v) is 4.74. The van der Waals surface area contributed by atoms with Gasteiger partial charge in [-0.15, -0.1) is 0 Å². The SMILES string of the molecule is O=C(C1CCCc2c1[nH]c1ccccc21)N1CCOCC1. The Bertz CT molecular complexity index is 670. The highest BCUT2D eigenvalue weighted by Crippen LogP contribution is 2.37. The molecule has 1 amide bonds. The maximum Gasteiger partial charge on any atom is 0.231 e. The standard InChI is InChI=1S/C17H20N2O2/c20-17(19-8-10-21-11-9-19)14-6-3-5-13-12-4-1-2-7-15(12)18-16(13)14/h1-2,4,7,14,18H,3,5-6,8-11H2. The highest BCUT2D eigenvalue weighted by Gasteiger charge is 2.32. The summed E-state index contributed by atoms with van der Waals surface area (Å²) in [4.78, 5) is 18.3. The molecular formula is C17H20N2O2. The van der Waals surface area contributed by atoms with E-state index in [1.54, 1.807) is 0 Å². The molecule has 4 rings (SSSR count). The van der Waals surface area contributed by atoms with Gasteiger partial charge in [-0.2, -0.15) is 0 Å². The third-order valence-electron chi connectivity index (χ3n) is 4.74. The number of ether oxygens (including phenoxy) is 1. The number of fused-ring (bicyclic) bond motifs is 3. The second kappa shape index (κ2) is 5.19. The summed E-state index contributed by atoms with van der Waals surface area (Å²) in [6.45, 7) is 2.78. The van der Waals surface area contributed by atoms with E-state index in [0.29, 0.717) is 13.2 Å². The van der Waals surface area contributed by atoms with E-state index in [-0.39, 0.29) is 11.8 Å². The Morgan fingerprint density at radius 2 is 2.05 bits per heavy atom. The van der Waals surface area contributed by atoms with Gasteiger partial charge in [0.05, 0.1) is 19.1 Å². The number of aryl methyl sites for hydroxylation is 1. The van der Waals surface area contributed by atoms with Crippen LogP contribution in [0, 0.1) is 0 Å². The smallest absolute Gasteiger partial charge is 0.231 e. The van der Waals surface area contributed by atoms with Crippen LogP contribution in [-0.2, 0) is 16.0 Å². The molecule has 1 unspecified atom stereocenters. The second-order valence-corrected chi connectivity index (χ2v) is 5.95. The van der Waals surface area contributed by atoms with Crippen molar-refractivity contribution < 1.29 is 9.53 Å². The van der Waals surface area contributed by atoms with Gasteiger partial charge in [0.25, 0.3) is 0 Å². The minimum absolute atomic E-state index is 0.000694. The Morgan fingerprint density at radius 1 is 1.24 bits per heavy atom. The number of para-hydroxylation sites is 1. The fraction of sp³-hybridized carbons (Fsp3) is 0.471. The van der Waals surface area contributed by atoms with E-state index in [1.807, 2.05) is 11.0 Å². The number of rotatable bonds is 1. The molecule has 0 saturated carbocycles. The molecule has 1 aromatic heterocycles. The van der Waals surface area contributed by atoms with Crippen molar-refractivity contribution in [3.05, 3.63) is 35.5 Å². The average Bonchev–Trinajstić information content (AvgIpc) is 2.94. The molecule has 21 heavy (non-hydrogen) atoms. The Morgan fingerprint density at radius 3 is 2.90 bits per heavy atom. The fourth-order valence-corrected chi connectivity index (χ4v) is 3.67. The van der Waals surface area contributed by atoms with E-state index in [4.69, 9.17) is 4.74 Å². The minimum atomic E-state index is -0.000694. The molecule has 0 bridgehead atoms. The zero-order valence-corrected chi connectivity index (χ0v) is 12.1. The molecule has 2 aliphatic rings. The van der Waals surface area contributed by atoms with E-state index < -0.39 is 0 Å². The Hall–Kier alpha value is -1.81. The summed E-state index contributed by atoms with van der Waals surface area (Å²) in [6, 6.07) is 8.38. The van der Waals surface area contributed by atoms with Crippen molar-refractivity contribution in [3.8, 4) is 0 Å². The molecule has 1 aliphatic heterocycles. The lowest BCUT2D eigenvalue weighted by Gasteiger charge is -2.32. The molecule has 2 heterocycles. The van der Waals surface area contributed by atoms with Crippen molar-refractivity contribution in [2.45, 2.75) is 25.2 Å². The van der Waals surface area contributed by atoms with Crippen molar-refractivity contribution in [2.24, 2.45) is 0 Å². The maximum absolute atomic E-state index is 12.8. The Labute approximate surface area is 124 Å². The predicted octanol–water partition coefficient (Wildman–Crippen LogP) is 2.45. The van der Waals surface area contributed by atoms with E-state index in [9.17, 15) is 4.79 Å². The van der Waals surface area contributed by atoms with Crippen LogP contribution in [0.4, 0.5) is 0 Å². The minimum Gasteiger partial charge on any atom is -0.378 e. The number of H-pyrrole nitrogens is 1. The van der Waals surface area contributed by atoms with Gasteiger partial charge in [-0.25, -0.2) is 0 Å². The molecule has 0 radical (unpaired) electrons. The largest absolute Gasteiger partial charge is 0.378 e. The van der Waals surface area contributed by atoms with Gasteiger partial charge < -0.3 is 14.6 Å². The number of nitrogens with one attached hydrogen (secondary N) is 1. The molecule has 2 aromatic rings. The van der Waals surface area contributed by atoms with Gasteiger partial charge in [-0.3, -0.25) is 4.79 Å². The van der Waals surface area contributed by atoms with Crippen LogP contribution in [0.5, 0.6) is 0 Å². The first-order valence-corrected chi connectivity index (χ1v) is 7.80. The van der Waals surface area contributed by atoms with E-state index in [2.05, 4.69) is 23.2 Å². The van der Waals surface area contributed by atoms with Gasteiger partial charge >= 0.3 is 0 Å². The van der Waals surface area contributed by atoms with Gasteiger partial charge in [-0.05, 0) is 30.9 Å². The van der Waals surface area contributed by atoms with E-state index in [1.165, 1.54) is 10.9 Å². The van der Waals surface area contributed by atoms with E-state index >= 15 is 0 Å². The summed E-state index contributed by atoms with van der Waals surface area (Å²) in [6.07, 6.45) is 3.12. The van der Waals surface area contributed by atoms with Crippen molar-refractivity contribution in [1.82, 2.24) is 9.88 Å². The van der Waals surface area contributed by atoms with Gasteiger partial charge in [0.2, 0.25) is 5.91 Å². The molecule has 1 atom stereocenters. The zero-order chi connectivity index (χ0) is 14.2. The number of morpholine rings is 1. The molecular weight excluding hydrogens is 264 g/mol. The predicted molar refractivity (Wildman–Crippen MR) is 81.4 cm³/mol. The molecule has 4 nitrogen and oxygen atoms in total. The summed E-state index contributed by atoms with van der Waals surface area (Å²) < 4.78 is 5.35. The van der Waals surface area contributed by atoms with Crippen LogP contribution in [0.3, 0.4) is 0 Å². The van der Waals surface area contributed by atoms with E-state index in [0.717, 1.165) is 43.6 Å². The summed E-state index contributed by atoms with van der Waals surface area (Å²) in [5, 5.41) is 1.28. The number of aromatic amines is 1. The molecule has 0 spiro atoms. The third kappa shape index (κ3) is 2.14. The molecule has 1 aliphatic carbocycles. The molecule has 1 fully saturated rings. The molecule has 1 aromatic carbocycles. The van der Waals surface area contributed by atoms with Crippen LogP contribution in [0.15, 0.2) is 24.3 Å². The molecule has 1 saturated heterocycles. The number of amides is 1. The monoisotopic (exact) mass is 284 g/mol. The van der Waals surface area contributed by atoms with Crippen LogP contribution in [-0.4, -0.2) is 42.1 Å². The van der Waals surface area contributed by atoms with Crippen molar-refractivity contribution >= 4 is 16.8 Å². The highest BCUT2D eigenvalue weighted by molar-refractivity contribution is 5.90. The number of aromatic nitrogens is 1. The van der Waals surface area contributed by atoms with Gasteiger partial charge in [0, 0.05) is 29.7 Å². The molecule has 4 heteroatoms. The normalized spacial score (nSPS) is 22.3. The second-order valence-electron chi connectivity index (χ2n) is 5.95. The van der Waals surface area contributed by atoms with Crippen LogP contribution in [0.2, 0.25) is 0 Å². The van der Waals surface area contributed by atoms with Crippen LogP contribution >= 0.6 is 0 Å². The number of nitrogens with zero attached hydrogens (tertiary/aromatic N) is 1. The lowest BCUT2D eigenvalue weighted by molar-refractivity contribution is -0.137. The first kappa shape index (κ1) is 12.9. The van der Waals surface area contributed by atoms with Crippen molar-refractivity contribution in [1.29, 1.82) is 0 Å². The van der Waals surface area contributed by atoms with Crippen molar-refractivity contribution in [3.63, 3.8) is 0 Å². The fourth-order valence-electron chi connectivity index (χ4n) is 3.67. The lowest BCUT2D eigenvalue weighted by Crippen LogP contribution is -2.43. The number of hydrogen-bond donors (Lipinski definition) is 1. The number of benzene rings is 1. The number of carbonyl (C=O) groups excluding carboxylic acids is 1. The summed E-state index contributed by atoms with van der Waals surface area (Å²) >= 11 is 0. The zero-order valence-electron chi connectivity index (χ0n) is 12.1. The van der Waals surface area contributed by atoms with Gasteiger partial charge in [0.1, 0.15) is 0 Å². The first-order chi connectivity index (χ1) is 10.3. The molecule has 110 valence electrons. The summed E-state index contributed by atoms with van der Waals surface area (Å²) in [5.74, 6) is 0.269. The summed E-state index contributed by atoms with van der Waals surface area (Å²) in [5.41, 5.74) is 3.66. The topological polar surface area (TPSA) is 45.3 Å². The van der Waals surface area contributed by atoms with Crippen molar-refractivity contribution in [2.75, 3.05) is 26.3 Å². The average molecular weight is 284 g/mol. The lowest BCUT2D eigenvalue weighted by atomic mass is 9.86. The number of hydrogen-bond acceptors (Lipinski definition) is 2. The van der Waals surface area contributed by atoms with Gasteiger partial charge in [0.15, 0.2) is 0 Å². The van der Waals surface area contributed by atoms with Crippen LogP contribution in [0.1, 0.15) is 30.0 Å².